The Morgan fingerprint density at radius 2 is 2.06 bits per heavy atom. The summed E-state index contributed by atoms with van der Waals surface area (Å²) in [5.74, 6) is 0.584. The molecule has 3 aromatic rings. The topological polar surface area (TPSA) is 92.8 Å². The molecule has 5 rings (SSSR count). The maximum Gasteiger partial charge on any atom is 0.177 e. The van der Waals surface area contributed by atoms with Gasteiger partial charge in [-0.25, -0.2) is 14.4 Å². The monoisotopic (exact) mass is 568 g/mol. The van der Waals surface area contributed by atoms with Gasteiger partial charge in [0.2, 0.25) is 0 Å². The Balaban J connectivity index is 1.40. The number of hydrogen-bond acceptors (Lipinski definition) is 6. The summed E-state index contributed by atoms with van der Waals surface area (Å²) in [6.45, 7) is 7.49. The van der Waals surface area contributed by atoms with Crippen molar-refractivity contribution < 1.29 is 8.94 Å². The molecule has 10 heteroatoms. The van der Waals surface area contributed by atoms with Gasteiger partial charge in [-0.05, 0) is 85.9 Å². The van der Waals surface area contributed by atoms with Crippen molar-refractivity contribution in [2.75, 3.05) is 18.0 Å². The van der Waals surface area contributed by atoms with Crippen LogP contribution in [0.4, 0.5) is 10.2 Å². The molecule has 0 bridgehead atoms. The molecular formula is C22H26FIN6OS. The van der Waals surface area contributed by atoms with Crippen molar-refractivity contribution in [3.63, 3.8) is 0 Å². The van der Waals surface area contributed by atoms with Crippen molar-refractivity contribution >= 4 is 50.9 Å². The lowest BCUT2D eigenvalue weighted by atomic mass is 9.73. The van der Waals surface area contributed by atoms with E-state index < -0.39 is 16.1 Å². The first-order chi connectivity index (χ1) is 15.2. The van der Waals surface area contributed by atoms with Crippen LogP contribution in [0.15, 0.2) is 24.4 Å². The van der Waals surface area contributed by atoms with E-state index in [1.54, 1.807) is 12.3 Å². The second kappa shape index (κ2) is 8.07. The van der Waals surface area contributed by atoms with E-state index in [2.05, 4.69) is 47.4 Å². The fraction of sp³-hybridized carbons (Fsp3) is 0.500. The number of anilines is 1. The van der Waals surface area contributed by atoms with Crippen LogP contribution in [-0.2, 0) is 17.8 Å². The molecule has 32 heavy (non-hydrogen) atoms. The van der Waals surface area contributed by atoms with Gasteiger partial charge in [0.25, 0.3) is 0 Å². The first-order valence-electron chi connectivity index (χ1n) is 10.7. The van der Waals surface area contributed by atoms with Crippen LogP contribution in [0, 0.1) is 14.9 Å². The van der Waals surface area contributed by atoms with Gasteiger partial charge in [-0.3, -0.25) is 5.10 Å². The summed E-state index contributed by atoms with van der Waals surface area (Å²) in [5.41, 5.74) is 3.47. The molecule has 0 saturated carbocycles. The maximum absolute atomic E-state index is 14.1. The van der Waals surface area contributed by atoms with Crippen molar-refractivity contribution in [1.29, 1.82) is 0 Å². The summed E-state index contributed by atoms with van der Waals surface area (Å²) in [7, 11) is 0. The largest absolute Gasteiger partial charge is 0.598 e. The highest BCUT2D eigenvalue weighted by atomic mass is 127. The van der Waals surface area contributed by atoms with Crippen molar-refractivity contribution in [2.24, 2.45) is 5.41 Å². The van der Waals surface area contributed by atoms with Gasteiger partial charge in [0.1, 0.15) is 21.9 Å². The van der Waals surface area contributed by atoms with Crippen LogP contribution in [0.2, 0.25) is 0 Å². The van der Waals surface area contributed by atoms with E-state index in [0.29, 0.717) is 5.65 Å². The number of rotatable bonds is 3. The van der Waals surface area contributed by atoms with Crippen LogP contribution in [0.3, 0.4) is 0 Å². The average Bonchev–Trinajstić information content (AvgIpc) is 3.26. The van der Waals surface area contributed by atoms with Crippen LogP contribution in [0.25, 0.3) is 11.2 Å². The lowest BCUT2D eigenvalue weighted by molar-refractivity contribution is 0.176. The average molecular weight is 568 g/mol. The van der Waals surface area contributed by atoms with Crippen LogP contribution in [0.5, 0.6) is 0 Å². The van der Waals surface area contributed by atoms with Crippen molar-refractivity contribution in [2.45, 2.75) is 50.8 Å². The minimum absolute atomic E-state index is 0.103. The highest BCUT2D eigenvalue weighted by molar-refractivity contribution is 14.1. The zero-order valence-electron chi connectivity index (χ0n) is 18.3. The number of H-pyrrole nitrogens is 1. The van der Waals surface area contributed by atoms with Crippen LogP contribution in [0.1, 0.15) is 50.8 Å². The second-order valence-electron chi connectivity index (χ2n) is 9.74. The van der Waals surface area contributed by atoms with Gasteiger partial charge in [0.15, 0.2) is 9.35 Å². The molecule has 1 saturated heterocycles. The van der Waals surface area contributed by atoms with Gasteiger partial charge in [-0.2, -0.15) is 5.10 Å². The SMILES string of the molecule is CC(C)(C)[S@@+]([O-])N[C@@H]1c2cc(F)ccc2CC12CCN(c1cnc3c(I)n[nH]c3n1)CC2. The lowest BCUT2D eigenvalue weighted by Gasteiger charge is -2.44. The molecule has 0 radical (unpaired) electrons. The quantitative estimate of drug-likeness (QED) is 0.366. The van der Waals surface area contributed by atoms with E-state index in [1.165, 1.54) is 6.07 Å². The van der Waals surface area contributed by atoms with Crippen LogP contribution >= 0.6 is 22.6 Å². The molecule has 0 amide bonds. The Hall–Kier alpha value is -1.50. The predicted molar refractivity (Wildman–Crippen MR) is 132 cm³/mol. The van der Waals surface area contributed by atoms with Crippen molar-refractivity contribution in [1.82, 2.24) is 24.9 Å². The van der Waals surface area contributed by atoms with E-state index in [1.807, 2.05) is 26.8 Å². The minimum atomic E-state index is -1.25. The molecule has 1 fully saturated rings. The van der Waals surface area contributed by atoms with Gasteiger partial charge in [-0.1, -0.05) is 6.07 Å². The molecule has 7 nitrogen and oxygen atoms in total. The normalized spacial score (nSPS) is 21.3. The molecule has 2 aromatic heterocycles. The van der Waals surface area contributed by atoms with Crippen LogP contribution in [-0.4, -0.2) is 42.6 Å². The predicted octanol–water partition coefficient (Wildman–Crippen LogP) is 4.03. The number of aromatic amines is 1. The summed E-state index contributed by atoms with van der Waals surface area (Å²) < 4.78 is 31.0. The number of nitrogens with zero attached hydrogens (tertiary/aromatic N) is 4. The first-order valence-corrected chi connectivity index (χ1v) is 13.0. The fourth-order valence-corrected chi connectivity index (χ4v) is 6.30. The van der Waals surface area contributed by atoms with Crippen LogP contribution < -0.4 is 9.62 Å². The summed E-state index contributed by atoms with van der Waals surface area (Å²) in [4.78, 5) is 11.5. The first kappa shape index (κ1) is 22.3. The highest BCUT2D eigenvalue weighted by Crippen LogP contribution is 2.53. The zero-order valence-corrected chi connectivity index (χ0v) is 21.3. The third-order valence-electron chi connectivity index (χ3n) is 6.65. The molecule has 1 aromatic carbocycles. The number of fused-ring (bicyclic) bond motifs is 2. The third kappa shape index (κ3) is 3.88. The molecule has 170 valence electrons. The van der Waals surface area contributed by atoms with Gasteiger partial charge in [-0.15, -0.1) is 4.72 Å². The molecule has 2 N–H and O–H groups in total. The smallest absolute Gasteiger partial charge is 0.177 e. The zero-order chi connectivity index (χ0) is 22.7. The number of nitrogens with one attached hydrogen (secondary N) is 2. The Bertz CT molecular complexity index is 1160. The van der Waals surface area contributed by atoms with Gasteiger partial charge < -0.3 is 9.45 Å². The van der Waals surface area contributed by atoms with Gasteiger partial charge in [0, 0.05) is 29.9 Å². The summed E-state index contributed by atoms with van der Waals surface area (Å²) in [6.07, 6.45) is 4.45. The van der Waals surface area contributed by atoms with E-state index >= 15 is 0 Å². The Labute approximate surface area is 203 Å². The van der Waals surface area contributed by atoms with E-state index in [4.69, 9.17) is 4.98 Å². The Kier molecular flexibility index (Phi) is 5.62. The molecule has 3 heterocycles. The van der Waals surface area contributed by atoms with Crippen molar-refractivity contribution in [3.05, 3.63) is 45.0 Å². The number of aromatic nitrogens is 4. The number of benzene rings is 1. The molecule has 2 aliphatic rings. The van der Waals surface area contributed by atoms with Gasteiger partial charge in [0.05, 0.1) is 12.2 Å². The van der Waals surface area contributed by atoms with Crippen molar-refractivity contribution in [3.8, 4) is 0 Å². The lowest BCUT2D eigenvalue weighted by Crippen LogP contribution is -2.49. The number of piperidine rings is 1. The maximum atomic E-state index is 14.1. The second-order valence-corrected chi connectivity index (χ2v) is 12.8. The molecule has 1 aliphatic carbocycles. The third-order valence-corrected chi connectivity index (χ3v) is 8.97. The fourth-order valence-electron chi connectivity index (χ4n) is 4.84. The summed E-state index contributed by atoms with van der Waals surface area (Å²) >= 11 is 0.896. The Morgan fingerprint density at radius 1 is 1.31 bits per heavy atom. The molecule has 0 unspecified atom stereocenters. The molecule has 1 aliphatic heterocycles. The van der Waals surface area contributed by atoms with E-state index in [-0.39, 0.29) is 17.3 Å². The highest BCUT2D eigenvalue weighted by Gasteiger charge is 2.50. The Morgan fingerprint density at radius 3 is 2.78 bits per heavy atom. The molecule has 2 atom stereocenters. The molecule has 1 spiro atoms. The minimum Gasteiger partial charge on any atom is -0.598 e. The summed E-state index contributed by atoms with van der Waals surface area (Å²) in [5, 5.41) is 7.12. The van der Waals surface area contributed by atoms with Gasteiger partial charge >= 0.3 is 0 Å². The number of halogens is 2. The standard InChI is InChI=1S/C22H26FIN6OS/c1-21(2,3)32(31)29-18-15-10-14(23)5-4-13(15)11-22(18)6-8-30(9-7-22)16-12-25-17-19(24)27-28-20(17)26-16/h4-5,10,12,18,29H,6-9,11H2,1-3H3,(H,26,27,28)/t18-,32-/m1/s1. The van der Waals surface area contributed by atoms with E-state index in [9.17, 15) is 8.94 Å². The van der Waals surface area contributed by atoms with E-state index in [0.717, 1.165) is 58.5 Å². The number of hydrogen-bond donors (Lipinski definition) is 2. The molecular weight excluding hydrogens is 542 g/mol. The summed E-state index contributed by atoms with van der Waals surface area (Å²) in [6, 6.07) is 4.90.